The maximum Gasteiger partial charge on any atom is 0.348 e. The minimum absolute atomic E-state index is 0. The number of fused-ring (bicyclic) bond motifs is 1. The smallest absolute Gasteiger partial charge is 0.348 e. The van der Waals surface area contributed by atoms with Crippen molar-refractivity contribution in [1.82, 2.24) is 0 Å². The van der Waals surface area contributed by atoms with Crippen LogP contribution in [-0.2, 0) is 4.74 Å². The van der Waals surface area contributed by atoms with Crippen LogP contribution in [0.4, 0.5) is 5.69 Å². The lowest BCUT2D eigenvalue weighted by Gasteiger charge is -1.90. The molecule has 0 fully saturated rings. The number of hydrogen-bond acceptors (Lipinski definition) is 4. The zero-order chi connectivity index (χ0) is 10.1. The molecule has 1 aromatic heterocycles. The third kappa shape index (κ3) is 2.22. The molecule has 5 heteroatoms. The van der Waals surface area contributed by atoms with Crippen molar-refractivity contribution < 1.29 is 9.53 Å². The number of carbonyl (C=O) groups is 1. The van der Waals surface area contributed by atoms with Crippen LogP contribution in [0.3, 0.4) is 0 Å². The first-order chi connectivity index (χ1) is 6.70. The minimum Gasteiger partial charge on any atom is -0.465 e. The van der Waals surface area contributed by atoms with E-state index in [4.69, 9.17) is 5.73 Å². The average molecular weight is 244 g/mol. The summed E-state index contributed by atoms with van der Waals surface area (Å²) in [5.41, 5.74) is 6.33. The second-order valence-electron chi connectivity index (χ2n) is 2.90. The van der Waals surface area contributed by atoms with Crippen LogP contribution in [0.25, 0.3) is 10.1 Å². The second-order valence-corrected chi connectivity index (χ2v) is 3.98. The van der Waals surface area contributed by atoms with Gasteiger partial charge in [0.1, 0.15) is 4.88 Å². The van der Waals surface area contributed by atoms with Crippen LogP contribution in [0.5, 0.6) is 0 Å². The topological polar surface area (TPSA) is 52.3 Å². The van der Waals surface area contributed by atoms with Crippen molar-refractivity contribution in [3.8, 4) is 0 Å². The molecule has 0 unspecified atom stereocenters. The lowest BCUT2D eigenvalue weighted by molar-refractivity contribution is 0.0606. The Bertz CT molecular complexity index is 495. The van der Waals surface area contributed by atoms with Gasteiger partial charge in [-0.2, -0.15) is 0 Å². The zero-order valence-electron chi connectivity index (χ0n) is 8.02. The highest BCUT2D eigenvalue weighted by molar-refractivity contribution is 7.20. The van der Waals surface area contributed by atoms with Gasteiger partial charge in [0, 0.05) is 10.4 Å². The number of nitrogen functional groups attached to an aromatic ring is 1. The van der Waals surface area contributed by atoms with Gasteiger partial charge >= 0.3 is 5.97 Å². The fourth-order valence-electron chi connectivity index (χ4n) is 1.26. The third-order valence-corrected chi connectivity index (χ3v) is 3.02. The first-order valence-corrected chi connectivity index (χ1v) is 4.90. The summed E-state index contributed by atoms with van der Waals surface area (Å²) in [6, 6.07) is 7.36. The molecule has 0 aliphatic rings. The molecule has 0 bridgehead atoms. The molecule has 2 N–H and O–H groups in total. The van der Waals surface area contributed by atoms with E-state index in [1.54, 1.807) is 6.07 Å². The number of methoxy groups -OCH3 is 1. The summed E-state index contributed by atoms with van der Waals surface area (Å²) in [5.74, 6) is -0.301. The number of benzene rings is 1. The Balaban J connectivity index is 0.00000112. The normalized spacial score (nSPS) is 9.67. The molecule has 2 aromatic rings. The molecule has 0 saturated heterocycles. The average Bonchev–Trinajstić information content (AvgIpc) is 2.59. The van der Waals surface area contributed by atoms with Gasteiger partial charge in [0.05, 0.1) is 7.11 Å². The summed E-state index contributed by atoms with van der Waals surface area (Å²) in [6.07, 6.45) is 0. The standard InChI is InChI=1S/C10H9NO2S.ClH/c1-13-10(12)9-5-6-4-7(11)2-3-8(6)14-9;/h2-5H,11H2,1H3;1H. The van der Waals surface area contributed by atoms with E-state index in [9.17, 15) is 4.79 Å². The molecular formula is C10H10ClNO2S. The van der Waals surface area contributed by atoms with E-state index in [2.05, 4.69) is 4.74 Å². The number of anilines is 1. The summed E-state index contributed by atoms with van der Waals surface area (Å²) in [7, 11) is 1.38. The predicted octanol–water partition coefficient (Wildman–Crippen LogP) is 2.69. The van der Waals surface area contributed by atoms with E-state index in [-0.39, 0.29) is 18.4 Å². The van der Waals surface area contributed by atoms with Crippen molar-refractivity contribution in [2.24, 2.45) is 0 Å². The van der Waals surface area contributed by atoms with Gasteiger partial charge < -0.3 is 10.5 Å². The molecule has 3 nitrogen and oxygen atoms in total. The lowest BCUT2D eigenvalue weighted by Crippen LogP contribution is -1.96. The molecule has 0 atom stereocenters. The fraction of sp³-hybridized carbons (Fsp3) is 0.100. The number of carbonyl (C=O) groups excluding carboxylic acids is 1. The van der Waals surface area contributed by atoms with Gasteiger partial charge in [-0.3, -0.25) is 0 Å². The van der Waals surface area contributed by atoms with Crippen molar-refractivity contribution in [2.75, 3.05) is 12.8 Å². The van der Waals surface area contributed by atoms with Gasteiger partial charge in [-0.25, -0.2) is 4.79 Å². The number of esters is 1. The van der Waals surface area contributed by atoms with E-state index in [1.165, 1.54) is 18.4 Å². The molecule has 0 aliphatic carbocycles. The molecule has 1 aromatic carbocycles. The second kappa shape index (κ2) is 4.51. The molecule has 0 spiro atoms. The first-order valence-electron chi connectivity index (χ1n) is 4.08. The quantitative estimate of drug-likeness (QED) is 0.619. The van der Waals surface area contributed by atoms with Crippen LogP contribution < -0.4 is 5.73 Å². The molecule has 2 rings (SSSR count). The Kier molecular flexibility index (Phi) is 3.55. The number of nitrogens with two attached hydrogens (primary N) is 1. The van der Waals surface area contributed by atoms with E-state index < -0.39 is 0 Å². The molecule has 1 heterocycles. The summed E-state index contributed by atoms with van der Waals surface area (Å²) >= 11 is 1.41. The van der Waals surface area contributed by atoms with E-state index in [0.717, 1.165) is 10.1 Å². The largest absolute Gasteiger partial charge is 0.465 e. The molecule has 0 aliphatic heterocycles. The number of halogens is 1. The van der Waals surface area contributed by atoms with Crippen molar-refractivity contribution in [3.05, 3.63) is 29.1 Å². The van der Waals surface area contributed by atoms with Crippen LogP contribution in [-0.4, -0.2) is 13.1 Å². The number of hydrogen-bond donors (Lipinski definition) is 1. The molecule has 15 heavy (non-hydrogen) atoms. The highest BCUT2D eigenvalue weighted by Crippen LogP contribution is 2.27. The van der Waals surface area contributed by atoms with Gasteiger partial charge in [0.15, 0.2) is 0 Å². The van der Waals surface area contributed by atoms with Gasteiger partial charge in [-0.1, -0.05) is 0 Å². The summed E-state index contributed by atoms with van der Waals surface area (Å²) in [4.78, 5) is 11.8. The molecular weight excluding hydrogens is 234 g/mol. The molecule has 0 amide bonds. The first kappa shape index (κ1) is 11.8. The van der Waals surface area contributed by atoms with Gasteiger partial charge in [-0.15, -0.1) is 23.7 Å². The van der Waals surface area contributed by atoms with Gasteiger partial charge in [0.25, 0.3) is 0 Å². The Morgan fingerprint density at radius 1 is 1.40 bits per heavy atom. The summed E-state index contributed by atoms with van der Waals surface area (Å²) < 4.78 is 5.68. The Labute approximate surface area is 97.3 Å². The Hall–Kier alpha value is -1.26. The highest BCUT2D eigenvalue weighted by Gasteiger charge is 2.09. The monoisotopic (exact) mass is 243 g/mol. The van der Waals surface area contributed by atoms with E-state index >= 15 is 0 Å². The third-order valence-electron chi connectivity index (χ3n) is 1.93. The molecule has 0 radical (unpaired) electrons. The van der Waals surface area contributed by atoms with Gasteiger partial charge in [-0.05, 0) is 29.7 Å². The van der Waals surface area contributed by atoms with Crippen molar-refractivity contribution in [2.45, 2.75) is 0 Å². The van der Waals surface area contributed by atoms with Crippen molar-refractivity contribution >= 4 is 45.5 Å². The molecule has 0 saturated carbocycles. The van der Waals surface area contributed by atoms with Crippen LogP contribution in [0.15, 0.2) is 24.3 Å². The minimum atomic E-state index is -0.301. The highest BCUT2D eigenvalue weighted by atomic mass is 35.5. The van der Waals surface area contributed by atoms with Crippen LogP contribution in [0.1, 0.15) is 9.67 Å². The van der Waals surface area contributed by atoms with Crippen molar-refractivity contribution in [3.63, 3.8) is 0 Å². The van der Waals surface area contributed by atoms with E-state index in [0.29, 0.717) is 10.6 Å². The lowest BCUT2D eigenvalue weighted by atomic mass is 10.2. The van der Waals surface area contributed by atoms with Crippen LogP contribution in [0, 0.1) is 0 Å². The maximum atomic E-state index is 11.2. The van der Waals surface area contributed by atoms with Gasteiger partial charge in [0.2, 0.25) is 0 Å². The SMILES string of the molecule is COC(=O)c1cc2cc(N)ccc2s1.Cl. The fourth-order valence-corrected chi connectivity index (χ4v) is 2.22. The number of thiophene rings is 1. The zero-order valence-corrected chi connectivity index (χ0v) is 9.65. The van der Waals surface area contributed by atoms with Crippen LogP contribution >= 0.6 is 23.7 Å². The predicted molar refractivity (Wildman–Crippen MR) is 64.8 cm³/mol. The van der Waals surface area contributed by atoms with Crippen molar-refractivity contribution in [1.29, 1.82) is 0 Å². The molecule has 80 valence electrons. The number of ether oxygens (including phenoxy) is 1. The maximum absolute atomic E-state index is 11.2. The summed E-state index contributed by atoms with van der Waals surface area (Å²) in [5, 5.41) is 0.982. The summed E-state index contributed by atoms with van der Waals surface area (Å²) in [6.45, 7) is 0. The van der Waals surface area contributed by atoms with Crippen LogP contribution in [0.2, 0.25) is 0 Å². The Morgan fingerprint density at radius 3 is 2.80 bits per heavy atom. The van der Waals surface area contributed by atoms with E-state index in [1.807, 2.05) is 18.2 Å². The number of rotatable bonds is 1. The Morgan fingerprint density at radius 2 is 2.13 bits per heavy atom.